The van der Waals surface area contributed by atoms with Crippen molar-refractivity contribution in [1.82, 2.24) is 9.47 Å². The SMILES string of the molecule is CCC(N)Cc1c(C)n(CC(=O)N(CC)CC)c2ccccc12. The van der Waals surface area contributed by atoms with Crippen LogP contribution in [0.25, 0.3) is 10.9 Å². The van der Waals surface area contributed by atoms with E-state index < -0.39 is 0 Å². The molecule has 4 heteroatoms. The number of benzene rings is 1. The Labute approximate surface area is 139 Å². The van der Waals surface area contributed by atoms with Crippen LogP contribution < -0.4 is 5.73 Å². The van der Waals surface area contributed by atoms with Crippen LogP contribution in [0.1, 0.15) is 38.4 Å². The van der Waals surface area contributed by atoms with Crippen molar-refractivity contribution in [2.24, 2.45) is 5.73 Å². The molecule has 1 heterocycles. The van der Waals surface area contributed by atoms with Gasteiger partial charge >= 0.3 is 0 Å². The van der Waals surface area contributed by atoms with Crippen molar-refractivity contribution < 1.29 is 4.79 Å². The summed E-state index contributed by atoms with van der Waals surface area (Å²) in [6, 6.07) is 8.48. The van der Waals surface area contributed by atoms with E-state index in [0.29, 0.717) is 6.54 Å². The summed E-state index contributed by atoms with van der Waals surface area (Å²) >= 11 is 0. The van der Waals surface area contributed by atoms with Gasteiger partial charge in [0.25, 0.3) is 0 Å². The third-order valence-corrected chi connectivity index (χ3v) is 4.76. The van der Waals surface area contributed by atoms with E-state index >= 15 is 0 Å². The maximum atomic E-state index is 12.5. The van der Waals surface area contributed by atoms with Crippen LogP contribution in [0, 0.1) is 6.92 Å². The lowest BCUT2D eigenvalue weighted by molar-refractivity contribution is -0.131. The highest BCUT2D eigenvalue weighted by molar-refractivity contribution is 5.87. The molecule has 23 heavy (non-hydrogen) atoms. The Morgan fingerprint density at radius 1 is 1.22 bits per heavy atom. The Balaban J connectivity index is 2.43. The van der Waals surface area contributed by atoms with Crippen molar-refractivity contribution in [3.63, 3.8) is 0 Å². The van der Waals surface area contributed by atoms with Gasteiger partial charge in [-0.15, -0.1) is 0 Å². The van der Waals surface area contributed by atoms with E-state index in [4.69, 9.17) is 5.73 Å². The number of rotatable bonds is 7. The minimum atomic E-state index is 0.159. The number of carbonyl (C=O) groups excluding carboxylic acids is 1. The zero-order valence-corrected chi connectivity index (χ0v) is 14.8. The quantitative estimate of drug-likeness (QED) is 0.853. The van der Waals surface area contributed by atoms with E-state index in [-0.39, 0.29) is 11.9 Å². The molecule has 1 unspecified atom stereocenters. The molecule has 0 aliphatic heterocycles. The number of amides is 1. The first kappa shape index (κ1) is 17.5. The molecule has 4 nitrogen and oxygen atoms in total. The van der Waals surface area contributed by atoms with Gasteiger partial charge in [-0.2, -0.15) is 0 Å². The molecule has 0 aliphatic rings. The minimum Gasteiger partial charge on any atom is -0.342 e. The van der Waals surface area contributed by atoms with E-state index in [0.717, 1.165) is 37.1 Å². The number of nitrogens with two attached hydrogens (primary N) is 1. The lowest BCUT2D eigenvalue weighted by Gasteiger charge is -2.20. The Kier molecular flexibility index (Phi) is 5.83. The molecule has 0 aliphatic carbocycles. The van der Waals surface area contributed by atoms with Gasteiger partial charge < -0.3 is 15.2 Å². The van der Waals surface area contributed by atoms with Crippen molar-refractivity contribution in [3.05, 3.63) is 35.5 Å². The second-order valence-corrected chi connectivity index (χ2v) is 6.11. The van der Waals surface area contributed by atoms with Gasteiger partial charge in [0.15, 0.2) is 0 Å². The smallest absolute Gasteiger partial charge is 0.242 e. The summed E-state index contributed by atoms with van der Waals surface area (Å²) in [5.41, 5.74) is 9.75. The van der Waals surface area contributed by atoms with Crippen molar-refractivity contribution >= 4 is 16.8 Å². The molecule has 1 aromatic heterocycles. The molecule has 2 rings (SSSR count). The van der Waals surface area contributed by atoms with Gasteiger partial charge in [-0.25, -0.2) is 0 Å². The number of nitrogens with zero attached hydrogens (tertiary/aromatic N) is 2. The highest BCUT2D eigenvalue weighted by Crippen LogP contribution is 2.27. The van der Waals surface area contributed by atoms with Gasteiger partial charge in [-0.3, -0.25) is 4.79 Å². The van der Waals surface area contributed by atoms with E-state index in [2.05, 4.69) is 36.6 Å². The van der Waals surface area contributed by atoms with Crippen molar-refractivity contribution in [2.45, 2.75) is 53.1 Å². The predicted molar refractivity (Wildman–Crippen MR) is 96.6 cm³/mol. The average Bonchev–Trinajstić information content (AvgIpc) is 2.82. The monoisotopic (exact) mass is 315 g/mol. The standard InChI is InChI=1S/C19H29N3O/c1-5-15(20)12-17-14(4)22(13-19(23)21(6-2)7-3)18-11-9-8-10-16(17)18/h8-11,15H,5-7,12-13,20H2,1-4H3. The molecule has 2 N–H and O–H groups in total. The Hall–Kier alpha value is -1.81. The predicted octanol–water partition coefficient (Wildman–Crippen LogP) is 3.10. The second kappa shape index (κ2) is 7.64. The molecule has 0 saturated carbocycles. The van der Waals surface area contributed by atoms with E-state index in [1.807, 2.05) is 24.8 Å². The molecule has 0 spiro atoms. The Bertz CT molecular complexity index is 671. The van der Waals surface area contributed by atoms with Gasteiger partial charge in [0.05, 0.1) is 0 Å². The lowest BCUT2D eigenvalue weighted by Crippen LogP contribution is -2.33. The normalized spacial score (nSPS) is 12.6. The van der Waals surface area contributed by atoms with E-state index in [9.17, 15) is 4.79 Å². The topological polar surface area (TPSA) is 51.3 Å². The molecule has 0 bridgehead atoms. The van der Waals surface area contributed by atoms with Gasteiger partial charge in [-0.1, -0.05) is 25.1 Å². The fourth-order valence-electron chi connectivity index (χ4n) is 3.18. The fourth-order valence-corrected chi connectivity index (χ4v) is 3.18. The largest absolute Gasteiger partial charge is 0.342 e. The first-order valence-corrected chi connectivity index (χ1v) is 8.63. The van der Waals surface area contributed by atoms with Crippen LogP contribution in [0.2, 0.25) is 0 Å². The van der Waals surface area contributed by atoms with Gasteiger partial charge in [-0.05, 0) is 45.2 Å². The van der Waals surface area contributed by atoms with Crippen molar-refractivity contribution in [3.8, 4) is 0 Å². The summed E-state index contributed by atoms with van der Waals surface area (Å²) in [6.45, 7) is 10.2. The van der Waals surface area contributed by atoms with Gasteiger partial charge in [0.2, 0.25) is 5.91 Å². The average molecular weight is 315 g/mol. The summed E-state index contributed by atoms with van der Waals surface area (Å²) in [7, 11) is 0. The maximum absolute atomic E-state index is 12.5. The molecular weight excluding hydrogens is 286 g/mol. The number of para-hydroxylation sites is 1. The van der Waals surface area contributed by atoms with E-state index in [1.54, 1.807) is 0 Å². The molecule has 2 aromatic rings. The summed E-state index contributed by atoms with van der Waals surface area (Å²) < 4.78 is 2.15. The number of carbonyl (C=O) groups is 1. The summed E-state index contributed by atoms with van der Waals surface area (Å²) in [5, 5.41) is 1.22. The van der Waals surface area contributed by atoms with E-state index in [1.165, 1.54) is 10.9 Å². The molecule has 1 aromatic carbocycles. The summed E-state index contributed by atoms with van der Waals surface area (Å²) in [4.78, 5) is 14.4. The van der Waals surface area contributed by atoms with Gasteiger partial charge in [0, 0.05) is 35.7 Å². The van der Waals surface area contributed by atoms with Crippen LogP contribution in [0.5, 0.6) is 0 Å². The zero-order chi connectivity index (χ0) is 17.0. The molecule has 0 saturated heterocycles. The number of hydrogen-bond donors (Lipinski definition) is 1. The zero-order valence-electron chi connectivity index (χ0n) is 14.8. The third kappa shape index (κ3) is 3.58. The van der Waals surface area contributed by atoms with Crippen LogP contribution in [0.4, 0.5) is 0 Å². The number of hydrogen-bond acceptors (Lipinski definition) is 2. The van der Waals surface area contributed by atoms with Crippen LogP contribution in [-0.4, -0.2) is 34.5 Å². The molecule has 1 atom stereocenters. The first-order valence-electron chi connectivity index (χ1n) is 8.63. The number of likely N-dealkylation sites (N-methyl/N-ethyl adjacent to an activating group) is 1. The minimum absolute atomic E-state index is 0.159. The van der Waals surface area contributed by atoms with Crippen molar-refractivity contribution in [2.75, 3.05) is 13.1 Å². The Morgan fingerprint density at radius 2 is 1.87 bits per heavy atom. The fraction of sp³-hybridized carbons (Fsp3) is 0.526. The summed E-state index contributed by atoms with van der Waals surface area (Å²) in [5.74, 6) is 0.171. The first-order chi connectivity index (χ1) is 11.0. The summed E-state index contributed by atoms with van der Waals surface area (Å²) in [6.07, 6.45) is 1.81. The van der Waals surface area contributed by atoms with Crippen molar-refractivity contribution in [1.29, 1.82) is 0 Å². The molecular formula is C19H29N3O. The Morgan fingerprint density at radius 3 is 2.48 bits per heavy atom. The molecule has 1 amide bonds. The van der Waals surface area contributed by atoms with Crippen LogP contribution in [0.3, 0.4) is 0 Å². The van der Waals surface area contributed by atoms with Crippen LogP contribution in [-0.2, 0) is 17.8 Å². The van der Waals surface area contributed by atoms with Crippen LogP contribution in [0.15, 0.2) is 24.3 Å². The van der Waals surface area contributed by atoms with Crippen LogP contribution >= 0.6 is 0 Å². The highest BCUT2D eigenvalue weighted by Gasteiger charge is 2.18. The molecule has 0 fully saturated rings. The third-order valence-electron chi connectivity index (χ3n) is 4.76. The second-order valence-electron chi connectivity index (χ2n) is 6.11. The van der Waals surface area contributed by atoms with Gasteiger partial charge in [0.1, 0.15) is 6.54 Å². The molecule has 0 radical (unpaired) electrons. The number of aromatic nitrogens is 1. The highest BCUT2D eigenvalue weighted by atomic mass is 16.2. The maximum Gasteiger partial charge on any atom is 0.242 e. The molecule has 126 valence electrons. The lowest BCUT2D eigenvalue weighted by atomic mass is 10.0. The number of fused-ring (bicyclic) bond motifs is 1.